The Balaban J connectivity index is 1.65. The van der Waals surface area contributed by atoms with Crippen LogP contribution in [0.5, 0.6) is 0 Å². The molecule has 3 unspecified atom stereocenters. The smallest absolute Gasteiger partial charge is 0.252 e. The normalized spacial score (nSPS) is 13.8. The molecule has 0 saturated heterocycles. The molecule has 0 spiro atoms. The lowest BCUT2D eigenvalue weighted by atomic mass is 9.99. The number of benzene rings is 3. The summed E-state index contributed by atoms with van der Waals surface area (Å²) in [4.78, 5) is 63.1. The van der Waals surface area contributed by atoms with E-state index in [1.807, 2.05) is 36.4 Å². The summed E-state index contributed by atoms with van der Waals surface area (Å²) in [6.07, 6.45) is 0. The van der Waals surface area contributed by atoms with Crippen LogP contribution in [0.1, 0.15) is 58.8 Å². The van der Waals surface area contributed by atoms with E-state index in [9.17, 15) is 24.0 Å². The van der Waals surface area contributed by atoms with Gasteiger partial charge in [-0.2, -0.15) is 0 Å². The highest BCUT2D eigenvalue weighted by Gasteiger charge is 2.33. The number of amides is 4. The Morgan fingerprint density at radius 3 is 1.82 bits per heavy atom. The summed E-state index contributed by atoms with van der Waals surface area (Å²) in [6.45, 7) is 11.1. The van der Waals surface area contributed by atoms with E-state index in [-0.39, 0.29) is 11.7 Å². The van der Waals surface area contributed by atoms with Crippen LogP contribution in [-0.2, 0) is 19.2 Å². The third-order valence-electron chi connectivity index (χ3n) is 6.92. The van der Waals surface area contributed by atoms with Gasteiger partial charge in [0, 0.05) is 5.56 Å². The molecule has 4 amide bonds. The molecule has 0 aliphatic heterocycles. The van der Waals surface area contributed by atoms with Gasteiger partial charge in [0.25, 0.3) is 5.91 Å². The monoisotopic (exact) mass is 546 g/mol. The molecule has 212 valence electrons. The first-order chi connectivity index (χ1) is 18.7. The van der Waals surface area contributed by atoms with Crippen LogP contribution in [0, 0.1) is 5.92 Å². The van der Waals surface area contributed by atoms with E-state index in [1.54, 1.807) is 46.8 Å². The van der Waals surface area contributed by atoms with Gasteiger partial charge in [-0.15, -0.1) is 0 Å². The van der Waals surface area contributed by atoms with Crippen molar-refractivity contribution < 1.29 is 24.0 Å². The molecule has 0 radical (unpaired) electrons. The van der Waals surface area contributed by atoms with Gasteiger partial charge >= 0.3 is 0 Å². The molecule has 0 aliphatic carbocycles. The molecule has 40 heavy (non-hydrogen) atoms. The lowest BCUT2D eigenvalue weighted by Gasteiger charge is -2.28. The van der Waals surface area contributed by atoms with E-state index in [0.717, 1.165) is 21.5 Å². The van der Waals surface area contributed by atoms with Crippen molar-refractivity contribution in [1.82, 2.24) is 21.3 Å². The summed E-state index contributed by atoms with van der Waals surface area (Å²) in [7, 11) is 0. The van der Waals surface area contributed by atoms with Crippen LogP contribution in [0.2, 0.25) is 0 Å². The maximum absolute atomic E-state index is 13.1. The molecule has 3 aromatic carbocycles. The van der Waals surface area contributed by atoms with Gasteiger partial charge in [0.05, 0.1) is 6.04 Å². The number of nitrogens with one attached hydrogen (secondary N) is 4. The summed E-state index contributed by atoms with van der Waals surface area (Å²) in [5, 5.41) is 14.7. The van der Waals surface area contributed by atoms with E-state index in [1.165, 1.54) is 13.8 Å². The molecule has 3 atom stereocenters. The van der Waals surface area contributed by atoms with Gasteiger partial charge in [0.15, 0.2) is 5.78 Å². The van der Waals surface area contributed by atoms with Crippen molar-refractivity contribution in [2.24, 2.45) is 5.92 Å². The Morgan fingerprint density at radius 1 is 0.675 bits per heavy atom. The third kappa shape index (κ3) is 7.22. The predicted molar refractivity (Wildman–Crippen MR) is 156 cm³/mol. The van der Waals surface area contributed by atoms with Gasteiger partial charge in [0.1, 0.15) is 17.6 Å². The quantitative estimate of drug-likeness (QED) is 0.290. The molecule has 0 aliphatic rings. The van der Waals surface area contributed by atoms with Crippen molar-refractivity contribution in [3.8, 4) is 0 Å². The Morgan fingerprint density at radius 2 is 1.25 bits per heavy atom. The third-order valence-corrected chi connectivity index (χ3v) is 6.92. The second-order valence-corrected chi connectivity index (χ2v) is 11.1. The molecular formula is C31H38N4O5. The maximum atomic E-state index is 13.1. The second kappa shape index (κ2) is 12.3. The zero-order chi connectivity index (χ0) is 29.8. The molecule has 0 aromatic heterocycles. The highest BCUT2D eigenvalue weighted by atomic mass is 16.2. The number of carbonyl (C=O) groups excluding carboxylic acids is 5. The number of hydrogen-bond donors (Lipinski definition) is 4. The summed E-state index contributed by atoms with van der Waals surface area (Å²) >= 11 is 0. The minimum Gasteiger partial charge on any atom is -0.345 e. The van der Waals surface area contributed by atoms with Crippen LogP contribution in [0.25, 0.3) is 21.5 Å². The van der Waals surface area contributed by atoms with Gasteiger partial charge in [-0.05, 0) is 86.3 Å². The van der Waals surface area contributed by atoms with Crippen molar-refractivity contribution in [2.75, 3.05) is 0 Å². The minimum atomic E-state index is -1.34. The highest BCUT2D eigenvalue weighted by molar-refractivity contribution is 6.05. The number of hydrogen-bond acceptors (Lipinski definition) is 5. The van der Waals surface area contributed by atoms with Crippen molar-refractivity contribution in [3.05, 3.63) is 60.2 Å². The summed E-state index contributed by atoms with van der Waals surface area (Å²) < 4.78 is 0. The van der Waals surface area contributed by atoms with E-state index in [0.29, 0.717) is 5.56 Å². The predicted octanol–water partition coefficient (Wildman–Crippen LogP) is 3.24. The largest absolute Gasteiger partial charge is 0.345 e. The lowest BCUT2D eigenvalue weighted by molar-refractivity contribution is -0.134. The van der Waals surface area contributed by atoms with Gasteiger partial charge in [0.2, 0.25) is 17.7 Å². The zero-order valence-electron chi connectivity index (χ0n) is 24.0. The first-order valence-electron chi connectivity index (χ1n) is 13.4. The van der Waals surface area contributed by atoms with Crippen molar-refractivity contribution in [2.45, 2.75) is 72.1 Å². The average Bonchev–Trinajstić information content (AvgIpc) is 2.89. The number of rotatable bonds is 10. The minimum absolute atomic E-state index is 0.204. The van der Waals surface area contributed by atoms with Gasteiger partial charge in [-0.1, -0.05) is 44.2 Å². The van der Waals surface area contributed by atoms with Crippen molar-refractivity contribution in [1.29, 1.82) is 0 Å². The van der Waals surface area contributed by atoms with Crippen LogP contribution in [0.4, 0.5) is 0 Å². The van der Waals surface area contributed by atoms with Crippen LogP contribution >= 0.6 is 0 Å². The molecule has 0 saturated carbocycles. The topological polar surface area (TPSA) is 133 Å². The average molecular weight is 547 g/mol. The molecule has 3 rings (SSSR count). The summed E-state index contributed by atoms with van der Waals surface area (Å²) in [5.41, 5.74) is -0.935. The molecule has 9 heteroatoms. The fourth-order valence-electron chi connectivity index (χ4n) is 4.15. The molecule has 0 heterocycles. The standard InChI is InChI=1S/C31H38N4O5/c1-17(2)26(29(39)32-18(3)20(5)36)34-27(37)19(4)33-30(40)31(6,7)35-28(38)24-13-12-23-14-21-10-8-9-11-22(21)15-25(23)16-24/h8-19,26H,1-7H3,(H,32,39)(H,33,40)(H,34,37)(H,35,38). The molecule has 4 N–H and O–H groups in total. The van der Waals surface area contributed by atoms with Crippen LogP contribution in [0.3, 0.4) is 0 Å². The number of carbonyl (C=O) groups is 5. The number of fused-ring (bicyclic) bond motifs is 2. The van der Waals surface area contributed by atoms with Gasteiger partial charge in [-0.3, -0.25) is 24.0 Å². The Bertz CT molecular complexity index is 1460. The Hall–Kier alpha value is -4.27. The van der Waals surface area contributed by atoms with Crippen molar-refractivity contribution in [3.63, 3.8) is 0 Å². The molecule has 0 bridgehead atoms. The second-order valence-electron chi connectivity index (χ2n) is 11.1. The number of ketones is 1. The molecule has 0 fully saturated rings. The first kappa shape index (κ1) is 30.3. The van der Waals surface area contributed by atoms with Crippen LogP contribution in [0.15, 0.2) is 54.6 Å². The fourth-order valence-corrected chi connectivity index (χ4v) is 4.15. The van der Waals surface area contributed by atoms with Crippen LogP contribution in [-0.4, -0.2) is 53.1 Å². The number of Topliss-reactive ketones (excluding diaryl/α,β-unsaturated/α-hetero) is 1. The lowest BCUT2D eigenvalue weighted by Crippen LogP contribution is -2.60. The zero-order valence-corrected chi connectivity index (χ0v) is 24.0. The van der Waals surface area contributed by atoms with Gasteiger partial charge < -0.3 is 21.3 Å². The first-order valence-corrected chi connectivity index (χ1v) is 13.4. The van der Waals surface area contributed by atoms with E-state index < -0.39 is 47.3 Å². The Kier molecular flexibility index (Phi) is 9.29. The summed E-state index contributed by atoms with van der Waals surface area (Å²) in [5.74, 6) is -2.51. The fraction of sp³-hybridized carbons (Fsp3) is 0.387. The Labute approximate surface area is 234 Å². The van der Waals surface area contributed by atoms with E-state index >= 15 is 0 Å². The highest BCUT2D eigenvalue weighted by Crippen LogP contribution is 2.24. The van der Waals surface area contributed by atoms with Crippen molar-refractivity contribution >= 4 is 51.0 Å². The summed E-state index contributed by atoms with van der Waals surface area (Å²) in [6, 6.07) is 14.8. The molecule has 3 aromatic rings. The van der Waals surface area contributed by atoms with E-state index in [4.69, 9.17) is 0 Å². The maximum Gasteiger partial charge on any atom is 0.252 e. The molecular weight excluding hydrogens is 508 g/mol. The van der Waals surface area contributed by atoms with Gasteiger partial charge in [-0.25, -0.2) is 0 Å². The van der Waals surface area contributed by atoms with E-state index in [2.05, 4.69) is 27.3 Å². The molecule has 9 nitrogen and oxygen atoms in total. The SMILES string of the molecule is CC(=O)C(C)NC(=O)C(NC(=O)C(C)NC(=O)C(C)(C)NC(=O)c1ccc2cc3ccccc3cc2c1)C(C)C. The van der Waals surface area contributed by atoms with Crippen LogP contribution < -0.4 is 21.3 Å².